The Balaban J connectivity index is 2.11. The van der Waals surface area contributed by atoms with Gasteiger partial charge in [0, 0.05) is 18.4 Å². The van der Waals surface area contributed by atoms with Crippen molar-refractivity contribution in [1.82, 2.24) is 4.90 Å². The summed E-state index contributed by atoms with van der Waals surface area (Å²) in [6, 6.07) is 0. The van der Waals surface area contributed by atoms with E-state index in [1.807, 2.05) is 0 Å². The van der Waals surface area contributed by atoms with Gasteiger partial charge in [-0.25, -0.2) is 0 Å². The van der Waals surface area contributed by atoms with Crippen molar-refractivity contribution >= 4 is 15.9 Å². The van der Waals surface area contributed by atoms with E-state index in [2.05, 4.69) is 27.8 Å². The quantitative estimate of drug-likeness (QED) is 0.639. The van der Waals surface area contributed by atoms with Gasteiger partial charge in [-0.1, -0.05) is 29.3 Å². The standard InChI is InChI=1S/C10H20BrN/c1-2-7-12(8-6-11)9-10-4-3-5-10/h10H,2-9H2,1H3. The maximum Gasteiger partial charge on any atom is 0.0159 e. The molecule has 1 aliphatic carbocycles. The van der Waals surface area contributed by atoms with Crippen LogP contribution in [0.15, 0.2) is 0 Å². The lowest BCUT2D eigenvalue weighted by molar-refractivity contribution is 0.186. The zero-order valence-electron chi connectivity index (χ0n) is 8.06. The topological polar surface area (TPSA) is 3.24 Å². The largest absolute Gasteiger partial charge is 0.302 e. The molecule has 0 spiro atoms. The highest BCUT2D eigenvalue weighted by molar-refractivity contribution is 9.09. The summed E-state index contributed by atoms with van der Waals surface area (Å²) in [5, 5.41) is 1.12. The number of hydrogen-bond donors (Lipinski definition) is 0. The van der Waals surface area contributed by atoms with E-state index in [0.29, 0.717) is 0 Å². The zero-order valence-corrected chi connectivity index (χ0v) is 9.65. The number of nitrogens with zero attached hydrogens (tertiary/aromatic N) is 1. The Bertz CT molecular complexity index is 106. The van der Waals surface area contributed by atoms with E-state index in [1.54, 1.807) is 0 Å². The zero-order chi connectivity index (χ0) is 8.81. The molecule has 1 nitrogen and oxygen atoms in total. The van der Waals surface area contributed by atoms with Gasteiger partial charge in [0.2, 0.25) is 0 Å². The Kier molecular flexibility index (Phi) is 5.24. The van der Waals surface area contributed by atoms with Gasteiger partial charge in [-0.05, 0) is 31.7 Å². The van der Waals surface area contributed by atoms with Crippen LogP contribution < -0.4 is 0 Å². The molecule has 72 valence electrons. The summed E-state index contributed by atoms with van der Waals surface area (Å²) in [5.41, 5.74) is 0. The molecule has 0 heterocycles. The van der Waals surface area contributed by atoms with Crippen LogP contribution >= 0.6 is 15.9 Å². The van der Waals surface area contributed by atoms with Crippen LogP contribution in [0.3, 0.4) is 0 Å². The van der Waals surface area contributed by atoms with Gasteiger partial charge >= 0.3 is 0 Å². The number of rotatable bonds is 6. The van der Waals surface area contributed by atoms with E-state index in [-0.39, 0.29) is 0 Å². The van der Waals surface area contributed by atoms with Crippen molar-refractivity contribution in [3.05, 3.63) is 0 Å². The number of alkyl halides is 1. The molecule has 0 radical (unpaired) electrons. The summed E-state index contributed by atoms with van der Waals surface area (Å²) in [5.74, 6) is 1.02. The lowest BCUT2D eigenvalue weighted by atomic mass is 9.85. The molecule has 0 aromatic carbocycles. The predicted molar refractivity (Wildman–Crippen MR) is 57.9 cm³/mol. The molecule has 1 saturated carbocycles. The normalized spacial score (nSPS) is 18.2. The van der Waals surface area contributed by atoms with Crippen LogP contribution in [0.25, 0.3) is 0 Å². The summed E-state index contributed by atoms with van der Waals surface area (Å²) < 4.78 is 0. The van der Waals surface area contributed by atoms with E-state index in [0.717, 1.165) is 11.2 Å². The molecule has 0 saturated heterocycles. The minimum Gasteiger partial charge on any atom is -0.302 e. The molecule has 0 atom stereocenters. The molecule has 0 amide bonds. The Hall–Kier alpha value is 0.440. The van der Waals surface area contributed by atoms with Gasteiger partial charge in [-0.15, -0.1) is 0 Å². The van der Waals surface area contributed by atoms with E-state index in [4.69, 9.17) is 0 Å². The minimum atomic E-state index is 1.02. The fraction of sp³-hybridized carbons (Fsp3) is 1.00. The van der Waals surface area contributed by atoms with Crippen molar-refractivity contribution in [2.24, 2.45) is 5.92 Å². The summed E-state index contributed by atoms with van der Waals surface area (Å²) in [6.07, 6.45) is 5.71. The van der Waals surface area contributed by atoms with Crippen LogP contribution in [0.1, 0.15) is 32.6 Å². The Morgan fingerprint density at radius 1 is 1.33 bits per heavy atom. The average Bonchev–Trinajstić information content (AvgIpc) is 1.97. The molecular formula is C10H20BrN. The van der Waals surface area contributed by atoms with Gasteiger partial charge in [-0.3, -0.25) is 0 Å². The molecule has 1 aliphatic rings. The van der Waals surface area contributed by atoms with Crippen molar-refractivity contribution in [3.8, 4) is 0 Å². The molecule has 1 fully saturated rings. The molecule has 2 heteroatoms. The average molecular weight is 234 g/mol. The summed E-state index contributed by atoms with van der Waals surface area (Å²) in [7, 11) is 0. The SMILES string of the molecule is CCCN(CCBr)CC1CCC1. The molecular weight excluding hydrogens is 214 g/mol. The second-order valence-electron chi connectivity index (χ2n) is 3.79. The second kappa shape index (κ2) is 5.98. The van der Waals surface area contributed by atoms with Crippen molar-refractivity contribution in [3.63, 3.8) is 0 Å². The lowest BCUT2D eigenvalue weighted by Gasteiger charge is -2.31. The van der Waals surface area contributed by atoms with Crippen LogP contribution in [-0.2, 0) is 0 Å². The van der Waals surface area contributed by atoms with Gasteiger partial charge in [0.1, 0.15) is 0 Å². The molecule has 0 unspecified atom stereocenters. The fourth-order valence-corrected chi connectivity index (χ4v) is 2.27. The smallest absolute Gasteiger partial charge is 0.0159 e. The molecule has 1 rings (SSSR count). The number of hydrogen-bond acceptors (Lipinski definition) is 1. The van der Waals surface area contributed by atoms with Crippen LogP contribution in [-0.4, -0.2) is 29.9 Å². The Labute approximate surface area is 84.6 Å². The van der Waals surface area contributed by atoms with Crippen molar-refractivity contribution in [2.75, 3.05) is 25.0 Å². The Morgan fingerprint density at radius 2 is 2.08 bits per heavy atom. The third-order valence-electron chi connectivity index (χ3n) is 2.68. The summed E-state index contributed by atoms with van der Waals surface area (Å²) >= 11 is 3.51. The first-order valence-corrected chi connectivity index (χ1v) is 6.27. The summed E-state index contributed by atoms with van der Waals surface area (Å²) in [6.45, 7) is 6.12. The molecule has 0 aliphatic heterocycles. The van der Waals surface area contributed by atoms with Crippen molar-refractivity contribution in [1.29, 1.82) is 0 Å². The first kappa shape index (κ1) is 10.5. The van der Waals surface area contributed by atoms with Crippen LogP contribution in [0.5, 0.6) is 0 Å². The van der Waals surface area contributed by atoms with Crippen LogP contribution in [0, 0.1) is 5.92 Å². The van der Waals surface area contributed by atoms with Gasteiger partial charge in [0.05, 0.1) is 0 Å². The van der Waals surface area contributed by atoms with Crippen molar-refractivity contribution < 1.29 is 0 Å². The monoisotopic (exact) mass is 233 g/mol. The van der Waals surface area contributed by atoms with Crippen molar-refractivity contribution in [2.45, 2.75) is 32.6 Å². The van der Waals surface area contributed by atoms with Crippen LogP contribution in [0.2, 0.25) is 0 Å². The van der Waals surface area contributed by atoms with E-state index in [9.17, 15) is 0 Å². The highest BCUT2D eigenvalue weighted by atomic mass is 79.9. The van der Waals surface area contributed by atoms with Gasteiger partial charge in [0.25, 0.3) is 0 Å². The van der Waals surface area contributed by atoms with Gasteiger partial charge in [0.15, 0.2) is 0 Å². The number of halogens is 1. The Morgan fingerprint density at radius 3 is 2.50 bits per heavy atom. The third-order valence-corrected chi connectivity index (χ3v) is 3.04. The predicted octanol–water partition coefficient (Wildman–Crippen LogP) is 2.89. The molecule has 0 N–H and O–H groups in total. The molecule has 0 aromatic rings. The van der Waals surface area contributed by atoms with Gasteiger partial charge < -0.3 is 4.90 Å². The van der Waals surface area contributed by atoms with Gasteiger partial charge in [-0.2, -0.15) is 0 Å². The first-order chi connectivity index (χ1) is 5.86. The van der Waals surface area contributed by atoms with E-state index >= 15 is 0 Å². The van der Waals surface area contributed by atoms with E-state index < -0.39 is 0 Å². The maximum absolute atomic E-state index is 3.51. The molecule has 0 bridgehead atoms. The lowest BCUT2D eigenvalue weighted by Crippen LogP contribution is -2.34. The van der Waals surface area contributed by atoms with Crippen LogP contribution in [0.4, 0.5) is 0 Å². The fourth-order valence-electron chi connectivity index (χ4n) is 1.77. The first-order valence-electron chi connectivity index (χ1n) is 5.15. The highest BCUT2D eigenvalue weighted by Gasteiger charge is 2.19. The minimum absolute atomic E-state index is 1.02. The van der Waals surface area contributed by atoms with E-state index in [1.165, 1.54) is 45.3 Å². The third kappa shape index (κ3) is 3.44. The summed E-state index contributed by atoms with van der Waals surface area (Å²) in [4.78, 5) is 2.60. The maximum atomic E-state index is 3.51. The highest BCUT2D eigenvalue weighted by Crippen LogP contribution is 2.27. The molecule has 12 heavy (non-hydrogen) atoms. The molecule has 0 aromatic heterocycles. The second-order valence-corrected chi connectivity index (χ2v) is 4.58.